The van der Waals surface area contributed by atoms with Gasteiger partial charge in [0.1, 0.15) is 0 Å². The monoisotopic (exact) mass is 644 g/mol. The fourth-order valence-corrected chi connectivity index (χ4v) is 3.21. The molecule has 0 unspecified atom stereocenters. The van der Waals surface area contributed by atoms with Crippen LogP contribution in [0, 0.1) is 11.6 Å². The largest absolute Gasteiger partial charge is 0.478 e. The van der Waals surface area contributed by atoms with Crippen LogP contribution in [0.2, 0.25) is 10.0 Å². The molecule has 0 saturated carbocycles. The molecule has 32 heavy (non-hydrogen) atoms. The number of aromatic carboxylic acids is 1. The normalized spacial score (nSPS) is 9.44. The van der Waals surface area contributed by atoms with Gasteiger partial charge in [0.2, 0.25) is 0 Å². The molecular weight excluding hydrogens is 628 g/mol. The van der Waals surface area contributed by atoms with E-state index in [2.05, 4.69) is 42.2 Å². The molecule has 180 valence electrons. The number of nitrogens with one attached hydrogen (secondary N) is 1. The number of carbonyl (C=O) groups excluding carboxylic acids is 1. The Bertz CT molecular complexity index is 925. The standard InChI is InChI=1S/C9H8BrClFNO2.C7H3BrClFO2.C2H7NO.ClH/c1-13(15-2)9(14)5-3-4-6(11)8(12)7(5)10;8-5-3(7(11)12)1-2-4(9)6(5)10;1-3-4-2;/h3-4H,1-2H3;1-2H,(H,11,12);3H,1-2H3;1H. The van der Waals surface area contributed by atoms with E-state index in [1.165, 1.54) is 38.4 Å². The molecule has 0 heterocycles. The summed E-state index contributed by atoms with van der Waals surface area (Å²) < 4.78 is 26.1. The lowest BCUT2D eigenvalue weighted by Gasteiger charge is -2.14. The van der Waals surface area contributed by atoms with E-state index >= 15 is 0 Å². The Kier molecular flexibility index (Phi) is 17.1. The smallest absolute Gasteiger partial charge is 0.336 e. The zero-order chi connectivity index (χ0) is 24.3. The van der Waals surface area contributed by atoms with Gasteiger partial charge in [0.25, 0.3) is 5.91 Å². The molecule has 0 bridgehead atoms. The number of halogens is 7. The van der Waals surface area contributed by atoms with Crippen molar-refractivity contribution in [3.63, 3.8) is 0 Å². The second kappa shape index (κ2) is 16.5. The third kappa shape index (κ3) is 9.84. The summed E-state index contributed by atoms with van der Waals surface area (Å²) in [6.07, 6.45) is 0. The average molecular weight is 648 g/mol. The molecule has 2 aromatic rings. The van der Waals surface area contributed by atoms with Crippen molar-refractivity contribution in [2.45, 2.75) is 0 Å². The van der Waals surface area contributed by atoms with Crippen molar-refractivity contribution in [3.8, 4) is 0 Å². The zero-order valence-corrected chi connectivity index (χ0v) is 22.5. The molecule has 0 aromatic heterocycles. The molecule has 14 heteroatoms. The summed E-state index contributed by atoms with van der Waals surface area (Å²) >= 11 is 16.7. The summed E-state index contributed by atoms with van der Waals surface area (Å²) in [6, 6.07) is 5.18. The van der Waals surface area contributed by atoms with Crippen LogP contribution in [0.1, 0.15) is 20.7 Å². The van der Waals surface area contributed by atoms with Gasteiger partial charge in [-0.15, -0.1) is 12.4 Å². The Hall–Kier alpha value is -1.05. The van der Waals surface area contributed by atoms with Gasteiger partial charge in [-0.25, -0.2) is 24.1 Å². The fourth-order valence-electron chi connectivity index (χ4n) is 1.63. The van der Waals surface area contributed by atoms with Crippen molar-refractivity contribution < 1.29 is 33.2 Å². The molecule has 2 aromatic carbocycles. The maximum absolute atomic E-state index is 13.3. The van der Waals surface area contributed by atoms with Crippen LogP contribution in [-0.4, -0.2) is 50.4 Å². The number of benzene rings is 2. The predicted octanol–water partition coefficient (Wildman–Crippen LogP) is 6.00. The first kappa shape index (κ1) is 33.1. The Labute approximate surface area is 216 Å². The minimum Gasteiger partial charge on any atom is -0.478 e. The van der Waals surface area contributed by atoms with Crippen LogP contribution in [0.3, 0.4) is 0 Å². The van der Waals surface area contributed by atoms with Crippen LogP contribution >= 0.6 is 67.5 Å². The van der Waals surface area contributed by atoms with E-state index in [4.69, 9.17) is 33.1 Å². The van der Waals surface area contributed by atoms with Crippen molar-refractivity contribution in [1.82, 2.24) is 10.5 Å². The molecule has 0 aliphatic heterocycles. The number of nitrogens with zero attached hydrogens (tertiary/aromatic N) is 1. The van der Waals surface area contributed by atoms with Crippen molar-refractivity contribution >= 4 is 79.3 Å². The van der Waals surface area contributed by atoms with Crippen LogP contribution < -0.4 is 5.48 Å². The van der Waals surface area contributed by atoms with Crippen LogP contribution in [0.5, 0.6) is 0 Å². The lowest BCUT2D eigenvalue weighted by atomic mass is 10.2. The van der Waals surface area contributed by atoms with Crippen molar-refractivity contribution in [3.05, 3.63) is 66.0 Å². The minimum absolute atomic E-state index is 0. The molecule has 2 rings (SSSR count). The Balaban J connectivity index is 0. The van der Waals surface area contributed by atoms with Crippen LogP contribution in [0.4, 0.5) is 8.78 Å². The summed E-state index contributed by atoms with van der Waals surface area (Å²) in [5.74, 6) is -3.07. The molecule has 0 radical (unpaired) electrons. The molecule has 0 spiro atoms. The van der Waals surface area contributed by atoms with E-state index in [-0.39, 0.29) is 42.5 Å². The first-order valence-electron chi connectivity index (χ1n) is 7.96. The Morgan fingerprint density at radius 1 is 1.00 bits per heavy atom. The SMILES string of the molecule is CNOC.CON(C)C(=O)c1ccc(Cl)c(F)c1Br.Cl.O=C(O)c1ccc(Cl)c(F)c1Br. The number of carboxylic acid groups (broad SMARTS) is 1. The first-order chi connectivity index (χ1) is 14.4. The molecule has 0 atom stereocenters. The molecule has 0 aliphatic rings. The molecule has 7 nitrogen and oxygen atoms in total. The fraction of sp³-hybridized carbons (Fsp3) is 0.222. The van der Waals surface area contributed by atoms with E-state index in [1.54, 1.807) is 14.2 Å². The average Bonchev–Trinajstić information content (AvgIpc) is 2.75. The van der Waals surface area contributed by atoms with Crippen molar-refractivity contribution in [2.24, 2.45) is 0 Å². The minimum atomic E-state index is -1.20. The second-order valence-corrected chi connectivity index (χ2v) is 7.54. The molecule has 2 N–H and O–H groups in total. The van der Waals surface area contributed by atoms with E-state index in [1.807, 2.05) is 0 Å². The van der Waals surface area contributed by atoms with Crippen LogP contribution in [0.25, 0.3) is 0 Å². The van der Waals surface area contributed by atoms with Gasteiger partial charge in [0, 0.05) is 14.1 Å². The summed E-state index contributed by atoms with van der Waals surface area (Å²) in [4.78, 5) is 31.1. The van der Waals surface area contributed by atoms with Gasteiger partial charge in [-0.05, 0) is 56.1 Å². The van der Waals surface area contributed by atoms with Gasteiger partial charge >= 0.3 is 5.97 Å². The molecule has 1 amide bonds. The molecule has 0 fully saturated rings. The lowest BCUT2D eigenvalue weighted by molar-refractivity contribution is -0.0757. The van der Waals surface area contributed by atoms with Gasteiger partial charge in [0.05, 0.1) is 44.3 Å². The summed E-state index contributed by atoms with van der Waals surface area (Å²) in [5, 5.41) is 9.39. The Morgan fingerprint density at radius 2 is 1.38 bits per heavy atom. The van der Waals surface area contributed by atoms with Gasteiger partial charge in [-0.2, -0.15) is 0 Å². The Morgan fingerprint density at radius 3 is 1.72 bits per heavy atom. The maximum atomic E-state index is 13.3. The quantitative estimate of drug-likeness (QED) is 0.313. The third-order valence-electron chi connectivity index (χ3n) is 3.30. The van der Waals surface area contributed by atoms with Gasteiger partial charge in [-0.1, -0.05) is 23.2 Å². The number of carboxylic acids is 1. The number of hydrogen-bond acceptors (Lipinski definition) is 5. The highest BCUT2D eigenvalue weighted by Gasteiger charge is 2.19. The van der Waals surface area contributed by atoms with Crippen LogP contribution in [-0.2, 0) is 9.68 Å². The number of amides is 1. The molecule has 0 aliphatic carbocycles. The predicted molar refractivity (Wildman–Crippen MR) is 128 cm³/mol. The van der Waals surface area contributed by atoms with Crippen LogP contribution in [0.15, 0.2) is 33.2 Å². The van der Waals surface area contributed by atoms with E-state index in [9.17, 15) is 18.4 Å². The second-order valence-electron chi connectivity index (χ2n) is 5.14. The van der Waals surface area contributed by atoms with E-state index < -0.39 is 23.5 Å². The van der Waals surface area contributed by atoms with Crippen molar-refractivity contribution in [1.29, 1.82) is 0 Å². The van der Waals surface area contributed by atoms with Gasteiger partial charge in [0.15, 0.2) is 11.6 Å². The number of carbonyl (C=O) groups is 2. The summed E-state index contributed by atoms with van der Waals surface area (Å²) in [5.41, 5.74) is 2.44. The highest BCUT2D eigenvalue weighted by molar-refractivity contribution is 9.10. The van der Waals surface area contributed by atoms with Crippen molar-refractivity contribution in [2.75, 3.05) is 28.3 Å². The zero-order valence-electron chi connectivity index (χ0n) is 17.0. The summed E-state index contributed by atoms with van der Waals surface area (Å²) in [6.45, 7) is 0. The molecular formula is C18H19Br2Cl3F2N2O5. The number of rotatable bonds is 4. The van der Waals surface area contributed by atoms with Gasteiger partial charge in [-0.3, -0.25) is 9.63 Å². The van der Waals surface area contributed by atoms with E-state index in [0.29, 0.717) is 0 Å². The highest BCUT2D eigenvalue weighted by Crippen LogP contribution is 2.28. The maximum Gasteiger partial charge on any atom is 0.336 e. The van der Waals surface area contributed by atoms with E-state index in [0.717, 1.165) is 5.06 Å². The lowest BCUT2D eigenvalue weighted by Crippen LogP contribution is -2.25. The number of hydroxylamine groups is 3. The first-order valence-corrected chi connectivity index (χ1v) is 10.3. The summed E-state index contributed by atoms with van der Waals surface area (Å²) in [7, 11) is 6.05. The topological polar surface area (TPSA) is 88.1 Å². The molecule has 0 saturated heterocycles. The van der Waals surface area contributed by atoms with Gasteiger partial charge < -0.3 is 9.94 Å². The highest BCUT2D eigenvalue weighted by atomic mass is 79.9. The number of hydrogen-bond donors (Lipinski definition) is 2. The third-order valence-corrected chi connectivity index (χ3v) is 5.43.